The molecular formula is C73H140N2O7P+. The number of esters is 1. The summed E-state index contributed by atoms with van der Waals surface area (Å²) in [5.74, 6) is -0.493. The Morgan fingerprint density at radius 1 is 0.422 bits per heavy atom. The van der Waals surface area contributed by atoms with Crippen molar-refractivity contribution in [2.75, 3.05) is 40.9 Å². The Labute approximate surface area is 516 Å². The standard InChI is InChI=1S/C73H139N2O7P/c1-7-10-13-16-19-22-25-27-29-31-33-35-37-39-41-43-45-47-50-53-56-59-62-65-72(76)74-70(69-81-83(78,79)80-68-67-75(4,5)6)71(64-61-58-55-52-49-24-21-18-15-12-9-3)82-73(77)66-63-60-57-54-51-48-46-44-42-40-38-36-34-32-30-28-26-23-20-17-14-11-8-2/h20,23,28,30,34,36,61,64,70-71H,7-19,21-22,24-27,29,31-33,35,37-60,62-63,65-69H2,1-6H3,(H-,74,76,78,79)/p+1/b23-20-,30-28-,36-34-,64-61+. The predicted octanol–water partition coefficient (Wildman–Crippen LogP) is 22.8. The van der Waals surface area contributed by atoms with Gasteiger partial charge in [0.15, 0.2) is 0 Å². The summed E-state index contributed by atoms with van der Waals surface area (Å²) in [5, 5.41) is 3.07. The summed E-state index contributed by atoms with van der Waals surface area (Å²) < 4.78 is 30.8. The van der Waals surface area contributed by atoms with Gasteiger partial charge in [0.25, 0.3) is 0 Å². The van der Waals surface area contributed by atoms with Crippen molar-refractivity contribution in [3.63, 3.8) is 0 Å². The molecule has 1 amide bonds. The van der Waals surface area contributed by atoms with Crippen LogP contribution in [-0.2, 0) is 27.9 Å². The van der Waals surface area contributed by atoms with Crippen molar-refractivity contribution in [2.24, 2.45) is 0 Å². The lowest BCUT2D eigenvalue weighted by molar-refractivity contribution is -0.870. The second kappa shape index (κ2) is 63.0. The number of nitrogens with zero attached hydrogens (tertiary/aromatic N) is 1. The summed E-state index contributed by atoms with van der Waals surface area (Å²) in [6.45, 7) is 7.03. The molecule has 0 aliphatic rings. The Bertz CT molecular complexity index is 1560. The fourth-order valence-electron chi connectivity index (χ4n) is 10.7. The van der Waals surface area contributed by atoms with E-state index in [9.17, 15) is 19.0 Å². The van der Waals surface area contributed by atoms with Gasteiger partial charge in [0.05, 0.1) is 33.8 Å². The molecule has 0 saturated heterocycles. The van der Waals surface area contributed by atoms with Gasteiger partial charge in [0.2, 0.25) is 5.91 Å². The molecule has 0 heterocycles. The molecule has 0 aromatic carbocycles. The van der Waals surface area contributed by atoms with E-state index in [2.05, 4.69) is 62.5 Å². The largest absolute Gasteiger partial charge is 0.472 e. The van der Waals surface area contributed by atoms with Gasteiger partial charge in [-0.2, -0.15) is 0 Å². The van der Waals surface area contributed by atoms with Crippen molar-refractivity contribution in [1.82, 2.24) is 5.32 Å². The molecule has 0 aliphatic heterocycles. The minimum atomic E-state index is -4.45. The predicted molar refractivity (Wildman–Crippen MR) is 360 cm³/mol. The Hall–Kier alpha value is -2.03. The quantitative estimate of drug-likeness (QED) is 0.0205. The van der Waals surface area contributed by atoms with E-state index in [-0.39, 0.29) is 31.5 Å². The number of rotatable bonds is 66. The number of ether oxygens (including phenoxy) is 1. The highest BCUT2D eigenvalue weighted by Crippen LogP contribution is 2.43. The smallest absolute Gasteiger partial charge is 0.456 e. The molecule has 0 saturated carbocycles. The maximum atomic E-state index is 13.6. The van der Waals surface area contributed by atoms with Gasteiger partial charge in [0, 0.05) is 12.8 Å². The lowest BCUT2D eigenvalue weighted by atomic mass is 10.0. The highest BCUT2D eigenvalue weighted by molar-refractivity contribution is 7.47. The van der Waals surface area contributed by atoms with Crippen LogP contribution < -0.4 is 5.32 Å². The zero-order valence-corrected chi connectivity index (χ0v) is 56.8. The lowest BCUT2D eigenvalue weighted by Gasteiger charge is -2.27. The first-order valence-electron chi connectivity index (χ1n) is 36.0. The second-order valence-electron chi connectivity index (χ2n) is 25.8. The number of amides is 1. The van der Waals surface area contributed by atoms with Crippen molar-refractivity contribution >= 4 is 19.7 Å². The number of unbranched alkanes of at least 4 members (excludes halogenated alkanes) is 44. The molecule has 0 radical (unpaired) electrons. The molecule has 488 valence electrons. The van der Waals surface area contributed by atoms with Crippen molar-refractivity contribution in [3.05, 3.63) is 48.6 Å². The minimum absolute atomic E-state index is 0.0413. The van der Waals surface area contributed by atoms with Crippen molar-refractivity contribution in [3.8, 4) is 0 Å². The van der Waals surface area contributed by atoms with Crippen LogP contribution in [0.25, 0.3) is 0 Å². The number of hydrogen-bond acceptors (Lipinski definition) is 6. The van der Waals surface area contributed by atoms with Gasteiger partial charge < -0.3 is 19.4 Å². The molecule has 2 N–H and O–H groups in total. The van der Waals surface area contributed by atoms with Crippen LogP contribution in [0.4, 0.5) is 0 Å². The Balaban J connectivity index is 5.00. The Morgan fingerprint density at radius 3 is 1.12 bits per heavy atom. The summed E-state index contributed by atoms with van der Waals surface area (Å²) in [6.07, 6.45) is 79.8. The van der Waals surface area contributed by atoms with Crippen LogP contribution in [0.5, 0.6) is 0 Å². The fraction of sp³-hybridized carbons (Fsp3) is 0.863. The molecule has 0 aromatic heterocycles. The summed E-state index contributed by atoms with van der Waals surface area (Å²) >= 11 is 0. The van der Waals surface area contributed by atoms with Crippen LogP contribution in [-0.4, -0.2) is 74.3 Å². The van der Waals surface area contributed by atoms with E-state index in [0.29, 0.717) is 17.4 Å². The third-order valence-electron chi connectivity index (χ3n) is 16.3. The highest BCUT2D eigenvalue weighted by atomic mass is 31.2. The number of phosphoric ester groups is 1. The molecule has 3 atom stereocenters. The zero-order chi connectivity index (χ0) is 60.7. The molecule has 10 heteroatoms. The van der Waals surface area contributed by atoms with E-state index < -0.39 is 20.0 Å². The summed E-state index contributed by atoms with van der Waals surface area (Å²) in [7, 11) is 1.51. The third kappa shape index (κ3) is 64.3. The molecule has 0 fully saturated rings. The Kier molecular flexibility index (Phi) is 61.5. The molecule has 0 aromatic rings. The SMILES string of the molecule is CCCCC/C=C\C/C=C\C/C=C\CCCCCCCCCCCCC(=O)OC(/C=C/CCCCCCCCCCC)C(COP(=O)(O)OCC[N+](C)(C)C)NC(=O)CCCCCCCCCCCCCCCCCCCCCCCCC. The molecular weight excluding hydrogens is 1050 g/mol. The zero-order valence-electron chi connectivity index (χ0n) is 56.0. The van der Waals surface area contributed by atoms with E-state index in [1.165, 1.54) is 250 Å². The first-order chi connectivity index (χ1) is 40.4. The maximum absolute atomic E-state index is 13.6. The first kappa shape index (κ1) is 81.0. The number of hydrogen-bond donors (Lipinski definition) is 2. The van der Waals surface area contributed by atoms with Gasteiger partial charge in [-0.1, -0.05) is 320 Å². The number of carbonyl (C=O) groups excluding carboxylic acids is 2. The van der Waals surface area contributed by atoms with Gasteiger partial charge in [-0.25, -0.2) is 4.57 Å². The number of carbonyl (C=O) groups is 2. The lowest BCUT2D eigenvalue weighted by Crippen LogP contribution is -2.47. The van der Waals surface area contributed by atoms with Crippen molar-refractivity contribution in [1.29, 1.82) is 0 Å². The van der Waals surface area contributed by atoms with Crippen LogP contribution in [0, 0.1) is 0 Å². The molecule has 0 bridgehead atoms. The third-order valence-corrected chi connectivity index (χ3v) is 17.3. The average molecular weight is 1190 g/mol. The topological polar surface area (TPSA) is 111 Å². The van der Waals surface area contributed by atoms with Gasteiger partial charge in [-0.3, -0.25) is 18.6 Å². The van der Waals surface area contributed by atoms with Gasteiger partial charge >= 0.3 is 13.8 Å². The summed E-state index contributed by atoms with van der Waals surface area (Å²) in [5.41, 5.74) is 0. The molecule has 83 heavy (non-hydrogen) atoms. The number of allylic oxidation sites excluding steroid dienone is 7. The van der Waals surface area contributed by atoms with Gasteiger partial charge in [0.1, 0.15) is 19.3 Å². The van der Waals surface area contributed by atoms with Crippen molar-refractivity contribution < 1.29 is 37.3 Å². The molecule has 0 rings (SSSR count). The first-order valence-corrected chi connectivity index (χ1v) is 37.5. The second-order valence-corrected chi connectivity index (χ2v) is 27.2. The summed E-state index contributed by atoms with van der Waals surface area (Å²) in [6, 6.07) is -0.848. The average Bonchev–Trinajstić information content (AvgIpc) is 3.51. The number of phosphoric acid groups is 1. The highest BCUT2D eigenvalue weighted by Gasteiger charge is 2.30. The van der Waals surface area contributed by atoms with E-state index >= 15 is 0 Å². The number of nitrogens with one attached hydrogen (secondary N) is 1. The van der Waals surface area contributed by atoms with Crippen LogP contribution in [0.1, 0.15) is 355 Å². The molecule has 0 aliphatic carbocycles. The van der Waals surface area contributed by atoms with Crippen LogP contribution in [0.15, 0.2) is 48.6 Å². The van der Waals surface area contributed by atoms with Crippen LogP contribution >= 0.6 is 7.82 Å². The maximum Gasteiger partial charge on any atom is 0.472 e. The number of likely N-dealkylation sites (N-methyl/N-ethyl adjacent to an activating group) is 1. The molecule has 3 unspecified atom stereocenters. The fourth-order valence-corrected chi connectivity index (χ4v) is 11.5. The molecule has 0 spiro atoms. The van der Waals surface area contributed by atoms with Crippen molar-refractivity contribution in [2.45, 2.75) is 367 Å². The summed E-state index contributed by atoms with van der Waals surface area (Å²) in [4.78, 5) is 37.9. The van der Waals surface area contributed by atoms with Crippen LogP contribution in [0.2, 0.25) is 0 Å². The number of quaternary nitrogens is 1. The molecule has 9 nitrogen and oxygen atoms in total. The normalized spacial score (nSPS) is 13.8. The monoisotopic (exact) mass is 1190 g/mol. The van der Waals surface area contributed by atoms with E-state index in [0.717, 1.165) is 70.6 Å². The van der Waals surface area contributed by atoms with Crippen LogP contribution in [0.3, 0.4) is 0 Å². The van der Waals surface area contributed by atoms with Gasteiger partial charge in [-0.05, 0) is 70.3 Å². The van der Waals surface area contributed by atoms with E-state index in [1.807, 2.05) is 33.3 Å². The van der Waals surface area contributed by atoms with Gasteiger partial charge in [-0.15, -0.1) is 0 Å². The van der Waals surface area contributed by atoms with E-state index in [4.69, 9.17) is 13.8 Å². The van der Waals surface area contributed by atoms with E-state index in [1.54, 1.807) is 0 Å². The minimum Gasteiger partial charge on any atom is -0.456 e. The Morgan fingerprint density at radius 2 is 0.735 bits per heavy atom.